The van der Waals surface area contributed by atoms with Gasteiger partial charge in [0.1, 0.15) is 17.9 Å². The van der Waals surface area contributed by atoms with Gasteiger partial charge in [-0.2, -0.15) is 0 Å². The van der Waals surface area contributed by atoms with E-state index in [-0.39, 0.29) is 28.9 Å². The van der Waals surface area contributed by atoms with Crippen molar-refractivity contribution in [3.05, 3.63) is 87.8 Å². The first kappa shape index (κ1) is 23.9. The summed E-state index contributed by atoms with van der Waals surface area (Å²) in [7, 11) is 3.01. The molecule has 0 unspecified atom stereocenters. The van der Waals surface area contributed by atoms with Crippen LogP contribution in [-0.4, -0.2) is 26.8 Å². The Morgan fingerprint density at radius 1 is 0.943 bits per heavy atom. The van der Waals surface area contributed by atoms with E-state index in [9.17, 15) is 9.59 Å². The fraction of sp³-hybridized carbons (Fsp3) is 0.214. The van der Waals surface area contributed by atoms with Gasteiger partial charge in [0.2, 0.25) is 11.2 Å². The third-order valence-electron chi connectivity index (χ3n) is 5.65. The van der Waals surface area contributed by atoms with Crippen LogP contribution < -0.4 is 19.6 Å². The van der Waals surface area contributed by atoms with Gasteiger partial charge in [0.05, 0.1) is 31.8 Å². The summed E-state index contributed by atoms with van der Waals surface area (Å²) >= 11 is 0. The summed E-state index contributed by atoms with van der Waals surface area (Å²) in [6, 6.07) is 17.8. The summed E-state index contributed by atoms with van der Waals surface area (Å²) in [4.78, 5) is 26.4. The largest absolute Gasteiger partial charge is 0.493 e. The number of hydrogen-bond acceptors (Lipinski definition) is 7. The maximum Gasteiger partial charge on any atom is 0.375 e. The number of esters is 1. The van der Waals surface area contributed by atoms with E-state index < -0.39 is 5.97 Å². The Labute approximate surface area is 202 Å². The normalized spacial score (nSPS) is 10.7. The van der Waals surface area contributed by atoms with Crippen molar-refractivity contribution >= 4 is 16.9 Å². The van der Waals surface area contributed by atoms with Gasteiger partial charge in [-0.25, -0.2) is 4.79 Å². The summed E-state index contributed by atoms with van der Waals surface area (Å²) in [6.45, 7) is 4.19. The highest BCUT2D eigenvalue weighted by Crippen LogP contribution is 2.34. The molecule has 0 saturated heterocycles. The van der Waals surface area contributed by atoms with E-state index in [1.165, 1.54) is 14.2 Å². The maximum atomic E-state index is 13.6. The topological polar surface area (TPSA) is 84.2 Å². The van der Waals surface area contributed by atoms with E-state index in [0.717, 1.165) is 11.1 Å². The fourth-order valence-electron chi connectivity index (χ4n) is 3.79. The van der Waals surface area contributed by atoms with Crippen molar-refractivity contribution in [1.29, 1.82) is 0 Å². The molecular formula is C28H26O7. The average molecular weight is 475 g/mol. The van der Waals surface area contributed by atoms with Gasteiger partial charge in [0.15, 0.2) is 11.5 Å². The molecule has 7 nitrogen and oxygen atoms in total. The number of ether oxygens (including phenoxy) is 4. The average Bonchev–Trinajstić information content (AvgIpc) is 2.87. The number of fused-ring (bicyclic) bond motifs is 1. The third-order valence-corrected chi connectivity index (χ3v) is 5.65. The minimum atomic E-state index is -0.734. The van der Waals surface area contributed by atoms with E-state index in [4.69, 9.17) is 23.4 Å². The zero-order valence-electron chi connectivity index (χ0n) is 20.0. The number of benzene rings is 3. The molecule has 0 N–H and O–H groups in total. The van der Waals surface area contributed by atoms with Crippen LogP contribution >= 0.6 is 0 Å². The molecule has 4 aromatic rings. The standard InChI is InChI=1S/C28H26O7/c1-5-33-28(30)27-25(18-10-13-22(31-3)24(14-18)32-4)26(29)21-12-11-20(15-23(21)35-27)34-16-19-9-7-6-8-17(19)2/h6-15H,5,16H2,1-4H3. The number of aryl methyl sites for hydroxylation is 1. The molecule has 0 radical (unpaired) electrons. The fourth-order valence-corrected chi connectivity index (χ4v) is 3.79. The lowest BCUT2D eigenvalue weighted by Crippen LogP contribution is -2.15. The second kappa shape index (κ2) is 10.3. The maximum absolute atomic E-state index is 13.6. The van der Waals surface area contributed by atoms with Gasteiger partial charge < -0.3 is 23.4 Å². The lowest BCUT2D eigenvalue weighted by Gasteiger charge is -2.13. The van der Waals surface area contributed by atoms with E-state index in [1.807, 2.05) is 31.2 Å². The van der Waals surface area contributed by atoms with Crippen LogP contribution in [0.3, 0.4) is 0 Å². The zero-order valence-corrected chi connectivity index (χ0v) is 20.0. The number of rotatable bonds is 8. The number of hydrogen-bond donors (Lipinski definition) is 0. The van der Waals surface area contributed by atoms with Crippen molar-refractivity contribution in [3.63, 3.8) is 0 Å². The molecule has 0 aliphatic heterocycles. The van der Waals surface area contributed by atoms with Gasteiger partial charge in [-0.3, -0.25) is 4.79 Å². The molecule has 0 bridgehead atoms. The van der Waals surface area contributed by atoms with Crippen LogP contribution in [0.2, 0.25) is 0 Å². The Balaban J connectivity index is 1.81. The third kappa shape index (κ3) is 4.84. The second-order valence-corrected chi connectivity index (χ2v) is 7.80. The highest BCUT2D eigenvalue weighted by Gasteiger charge is 2.24. The zero-order chi connectivity index (χ0) is 24.9. The Kier molecular flexibility index (Phi) is 7.06. The van der Waals surface area contributed by atoms with E-state index >= 15 is 0 Å². The molecule has 0 aliphatic carbocycles. The van der Waals surface area contributed by atoms with Gasteiger partial charge >= 0.3 is 5.97 Å². The molecule has 180 valence electrons. The van der Waals surface area contributed by atoms with Crippen molar-refractivity contribution in [2.75, 3.05) is 20.8 Å². The Morgan fingerprint density at radius 3 is 2.43 bits per heavy atom. The highest BCUT2D eigenvalue weighted by atomic mass is 16.5. The predicted molar refractivity (Wildman–Crippen MR) is 132 cm³/mol. The minimum Gasteiger partial charge on any atom is -0.493 e. The summed E-state index contributed by atoms with van der Waals surface area (Å²) in [5.74, 6) is 0.501. The molecule has 0 saturated carbocycles. The molecule has 7 heteroatoms. The molecule has 1 heterocycles. The predicted octanol–water partition coefficient (Wildman–Crippen LogP) is 5.54. The number of carbonyl (C=O) groups excluding carboxylic acids is 1. The first-order valence-electron chi connectivity index (χ1n) is 11.1. The minimum absolute atomic E-state index is 0.0884. The summed E-state index contributed by atoms with van der Waals surface area (Å²) in [5.41, 5.74) is 2.55. The van der Waals surface area contributed by atoms with Gasteiger partial charge in [-0.05, 0) is 54.8 Å². The summed E-state index contributed by atoms with van der Waals surface area (Å²) < 4.78 is 27.7. The van der Waals surface area contributed by atoms with Gasteiger partial charge in [-0.15, -0.1) is 0 Å². The van der Waals surface area contributed by atoms with E-state index in [1.54, 1.807) is 43.3 Å². The van der Waals surface area contributed by atoms with Crippen LogP contribution in [0.5, 0.6) is 17.2 Å². The highest BCUT2D eigenvalue weighted by molar-refractivity contribution is 5.98. The summed E-state index contributed by atoms with van der Waals surface area (Å²) in [6.07, 6.45) is 0. The molecule has 0 spiro atoms. The summed E-state index contributed by atoms with van der Waals surface area (Å²) in [5, 5.41) is 0.311. The molecule has 35 heavy (non-hydrogen) atoms. The van der Waals surface area contributed by atoms with E-state index in [0.29, 0.717) is 34.8 Å². The Bertz CT molecular complexity index is 1440. The number of carbonyl (C=O) groups is 1. The van der Waals surface area contributed by atoms with Crippen molar-refractivity contribution in [2.45, 2.75) is 20.5 Å². The first-order valence-corrected chi connectivity index (χ1v) is 11.1. The molecule has 0 atom stereocenters. The molecular weight excluding hydrogens is 448 g/mol. The van der Waals surface area contributed by atoms with Crippen molar-refractivity contribution in [1.82, 2.24) is 0 Å². The second-order valence-electron chi connectivity index (χ2n) is 7.80. The van der Waals surface area contributed by atoms with Gasteiger partial charge in [-0.1, -0.05) is 30.3 Å². The van der Waals surface area contributed by atoms with Crippen molar-refractivity contribution in [2.24, 2.45) is 0 Å². The molecule has 0 amide bonds. The lowest BCUT2D eigenvalue weighted by atomic mass is 10.0. The molecule has 3 aromatic carbocycles. The first-order chi connectivity index (χ1) is 17.0. The quantitative estimate of drug-likeness (QED) is 0.310. The van der Waals surface area contributed by atoms with Crippen LogP contribution in [0.1, 0.15) is 28.6 Å². The van der Waals surface area contributed by atoms with Crippen LogP contribution in [0, 0.1) is 6.92 Å². The Morgan fingerprint density at radius 2 is 1.71 bits per heavy atom. The smallest absolute Gasteiger partial charge is 0.375 e. The molecule has 0 fully saturated rings. The molecule has 0 aliphatic rings. The number of methoxy groups -OCH3 is 2. The molecule has 4 rings (SSSR count). The molecule has 1 aromatic heterocycles. The van der Waals surface area contributed by atoms with E-state index in [2.05, 4.69) is 0 Å². The van der Waals surface area contributed by atoms with Gasteiger partial charge in [0.25, 0.3) is 0 Å². The lowest BCUT2D eigenvalue weighted by molar-refractivity contribution is 0.0492. The van der Waals surface area contributed by atoms with Crippen molar-refractivity contribution < 1.29 is 28.2 Å². The van der Waals surface area contributed by atoms with Crippen LogP contribution in [0.15, 0.2) is 69.9 Å². The van der Waals surface area contributed by atoms with Crippen LogP contribution in [0.25, 0.3) is 22.1 Å². The van der Waals surface area contributed by atoms with Crippen LogP contribution in [-0.2, 0) is 11.3 Å². The monoisotopic (exact) mass is 474 g/mol. The SMILES string of the molecule is CCOC(=O)c1oc2cc(OCc3ccccc3C)ccc2c(=O)c1-c1ccc(OC)c(OC)c1. The Hall–Kier alpha value is -4.26. The van der Waals surface area contributed by atoms with Crippen molar-refractivity contribution in [3.8, 4) is 28.4 Å². The van der Waals surface area contributed by atoms with Gasteiger partial charge in [0, 0.05) is 6.07 Å². The van der Waals surface area contributed by atoms with Crippen LogP contribution in [0.4, 0.5) is 0 Å².